The van der Waals surface area contributed by atoms with Crippen molar-refractivity contribution in [2.24, 2.45) is 7.05 Å². The Morgan fingerprint density at radius 1 is 0.969 bits per heavy atom. The number of nitrogens with zero attached hydrogens (tertiary/aromatic N) is 3. The number of fused-ring (bicyclic) bond motifs is 1. The van der Waals surface area contributed by atoms with Crippen LogP contribution >= 0.6 is 0 Å². The molecule has 0 saturated heterocycles. The van der Waals surface area contributed by atoms with Gasteiger partial charge in [-0.2, -0.15) is 0 Å². The van der Waals surface area contributed by atoms with Crippen LogP contribution in [-0.2, 0) is 7.05 Å². The highest BCUT2D eigenvalue weighted by molar-refractivity contribution is 6.04. The summed E-state index contributed by atoms with van der Waals surface area (Å²) in [4.78, 5) is 32.2. The summed E-state index contributed by atoms with van der Waals surface area (Å²) in [6, 6.07) is 16.8. The molecule has 6 nitrogen and oxygen atoms in total. The SMILES string of the molecule is Cc1cc2c(cn1)cc(-c1cc(NC(=O)c3ccc(N(C)C)cc3)ccc1C)c(=O)n2C. The lowest BCUT2D eigenvalue weighted by molar-refractivity contribution is 0.102. The standard InChI is InChI=1S/C26H26N4O2/c1-16-6-9-20(28-25(31)18-7-10-21(11-8-18)29(3)4)14-22(16)23-13-19-15-27-17(2)12-24(19)30(5)26(23)32/h6-15H,1-5H3,(H,28,31). The third kappa shape index (κ3) is 3.99. The largest absolute Gasteiger partial charge is 0.378 e. The highest BCUT2D eigenvalue weighted by Gasteiger charge is 2.14. The second-order valence-electron chi connectivity index (χ2n) is 8.23. The Morgan fingerprint density at radius 2 is 1.69 bits per heavy atom. The van der Waals surface area contributed by atoms with E-state index in [-0.39, 0.29) is 11.5 Å². The van der Waals surface area contributed by atoms with E-state index in [9.17, 15) is 9.59 Å². The van der Waals surface area contributed by atoms with Crippen molar-refractivity contribution in [3.05, 3.63) is 88.0 Å². The van der Waals surface area contributed by atoms with E-state index < -0.39 is 0 Å². The van der Waals surface area contributed by atoms with E-state index in [0.29, 0.717) is 16.8 Å². The number of carbonyl (C=O) groups excluding carboxylic acids is 1. The fraction of sp³-hybridized carbons (Fsp3) is 0.192. The molecule has 0 bridgehead atoms. The van der Waals surface area contributed by atoms with Crippen LogP contribution in [0.1, 0.15) is 21.6 Å². The van der Waals surface area contributed by atoms with E-state index in [1.165, 1.54) is 0 Å². The van der Waals surface area contributed by atoms with Crippen LogP contribution in [0.15, 0.2) is 65.6 Å². The zero-order valence-corrected chi connectivity index (χ0v) is 18.9. The summed E-state index contributed by atoms with van der Waals surface area (Å²) in [5.74, 6) is -0.198. The van der Waals surface area contributed by atoms with Crippen LogP contribution in [0.3, 0.4) is 0 Å². The smallest absolute Gasteiger partial charge is 0.258 e. The van der Waals surface area contributed by atoms with Crippen molar-refractivity contribution in [3.63, 3.8) is 0 Å². The molecule has 0 unspecified atom stereocenters. The summed E-state index contributed by atoms with van der Waals surface area (Å²) in [7, 11) is 5.68. The molecule has 4 aromatic rings. The van der Waals surface area contributed by atoms with Crippen LogP contribution in [-0.4, -0.2) is 29.6 Å². The van der Waals surface area contributed by atoms with Crippen molar-refractivity contribution in [1.29, 1.82) is 0 Å². The van der Waals surface area contributed by atoms with Gasteiger partial charge in [0.25, 0.3) is 11.5 Å². The molecule has 0 aliphatic heterocycles. The van der Waals surface area contributed by atoms with Crippen molar-refractivity contribution in [1.82, 2.24) is 9.55 Å². The van der Waals surface area contributed by atoms with E-state index in [4.69, 9.17) is 0 Å². The molecule has 32 heavy (non-hydrogen) atoms. The van der Waals surface area contributed by atoms with Gasteiger partial charge in [0.1, 0.15) is 0 Å². The van der Waals surface area contributed by atoms with Crippen LogP contribution in [0.5, 0.6) is 0 Å². The number of aromatic nitrogens is 2. The molecule has 162 valence electrons. The van der Waals surface area contributed by atoms with Crippen LogP contribution < -0.4 is 15.8 Å². The summed E-state index contributed by atoms with van der Waals surface area (Å²) in [6.07, 6.45) is 1.78. The molecular weight excluding hydrogens is 400 g/mol. The predicted octanol–water partition coefficient (Wildman–Crippen LogP) is 4.54. The first-order chi connectivity index (χ1) is 15.2. The molecule has 0 fully saturated rings. The predicted molar refractivity (Wildman–Crippen MR) is 131 cm³/mol. The number of aryl methyl sites for hydroxylation is 3. The lowest BCUT2D eigenvalue weighted by atomic mass is 9.99. The minimum Gasteiger partial charge on any atom is -0.378 e. The molecular formula is C26H26N4O2. The maximum Gasteiger partial charge on any atom is 0.258 e. The number of pyridine rings is 2. The molecule has 2 heterocycles. The molecule has 2 aromatic heterocycles. The average Bonchev–Trinajstić information content (AvgIpc) is 2.78. The molecule has 0 spiro atoms. The van der Waals surface area contributed by atoms with E-state index in [0.717, 1.165) is 33.4 Å². The first-order valence-corrected chi connectivity index (χ1v) is 10.4. The number of carbonyl (C=O) groups is 1. The Balaban J connectivity index is 1.70. The van der Waals surface area contributed by atoms with Gasteiger partial charge in [0, 0.05) is 60.9 Å². The van der Waals surface area contributed by atoms with Crippen LogP contribution in [0.4, 0.5) is 11.4 Å². The number of hydrogen-bond acceptors (Lipinski definition) is 4. The van der Waals surface area contributed by atoms with Gasteiger partial charge in [-0.15, -0.1) is 0 Å². The number of benzene rings is 2. The van der Waals surface area contributed by atoms with Crippen molar-refractivity contribution >= 4 is 28.2 Å². The number of hydrogen-bond donors (Lipinski definition) is 1. The maximum atomic E-state index is 13.1. The molecule has 1 amide bonds. The van der Waals surface area contributed by atoms with Gasteiger partial charge in [0.05, 0.1) is 5.52 Å². The highest BCUT2D eigenvalue weighted by Crippen LogP contribution is 2.27. The monoisotopic (exact) mass is 426 g/mol. The second kappa shape index (κ2) is 8.30. The van der Waals surface area contributed by atoms with Gasteiger partial charge in [0.2, 0.25) is 0 Å². The van der Waals surface area contributed by atoms with E-state index in [2.05, 4.69) is 10.3 Å². The van der Waals surface area contributed by atoms with Gasteiger partial charge in [0.15, 0.2) is 0 Å². The summed E-state index contributed by atoms with van der Waals surface area (Å²) >= 11 is 0. The molecule has 0 aliphatic carbocycles. The second-order valence-corrected chi connectivity index (χ2v) is 8.23. The molecule has 1 N–H and O–H groups in total. The van der Waals surface area contributed by atoms with Crippen molar-refractivity contribution in [2.45, 2.75) is 13.8 Å². The molecule has 6 heteroatoms. The summed E-state index contributed by atoms with van der Waals surface area (Å²) in [6.45, 7) is 3.86. The Labute approximate surface area is 187 Å². The lowest BCUT2D eigenvalue weighted by Crippen LogP contribution is -2.19. The molecule has 2 aromatic carbocycles. The number of anilines is 2. The van der Waals surface area contributed by atoms with Crippen molar-refractivity contribution < 1.29 is 4.79 Å². The number of rotatable bonds is 4. The molecule has 0 radical (unpaired) electrons. The Hall–Kier alpha value is -3.93. The zero-order chi connectivity index (χ0) is 23.0. The van der Waals surface area contributed by atoms with Gasteiger partial charge in [-0.05, 0) is 73.5 Å². The van der Waals surface area contributed by atoms with Crippen LogP contribution in [0.2, 0.25) is 0 Å². The first kappa shape index (κ1) is 21.3. The Bertz CT molecular complexity index is 1390. The average molecular weight is 427 g/mol. The minimum absolute atomic E-state index is 0.0889. The summed E-state index contributed by atoms with van der Waals surface area (Å²) < 4.78 is 1.65. The van der Waals surface area contributed by atoms with E-state index in [1.807, 2.05) is 75.3 Å². The Kier molecular flexibility index (Phi) is 5.53. The van der Waals surface area contributed by atoms with Gasteiger partial charge in [-0.25, -0.2) is 0 Å². The van der Waals surface area contributed by atoms with E-state index in [1.54, 1.807) is 29.9 Å². The van der Waals surface area contributed by atoms with Gasteiger partial charge in [-0.3, -0.25) is 14.6 Å². The summed E-state index contributed by atoms with van der Waals surface area (Å²) in [5.41, 5.74) is 6.16. The molecule has 4 rings (SSSR count). The lowest BCUT2D eigenvalue weighted by Gasteiger charge is -2.14. The Morgan fingerprint density at radius 3 is 2.38 bits per heavy atom. The van der Waals surface area contributed by atoms with Gasteiger partial charge < -0.3 is 14.8 Å². The maximum absolute atomic E-state index is 13.1. The topological polar surface area (TPSA) is 67.2 Å². The minimum atomic E-state index is -0.198. The third-order valence-electron chi connectivity index (χ3n) is 5.68. The van der Waals surface area contributed by atoms with Gasteiger partial charge >= 0.3 is 0 Å². The van der Waals surface area contributed by atoms with Crippen molar-refractivity contribution in [2.75, 3.05) is 24.3 Å². The summed E-state index contributed by atoms with van der Waals surface area (Å²) in [5, 5.41) is 3.84. The van der Waals surface area contributed by atoms with Crippen LogP contribution in [0, 0.1) is 13.8 Å². The number of nitrogens with one attached hydrogen (secondary N) is 1. The first-order valence-electron chi connectivity index (χ1n) is 10.4. The molecule has 0 saturated carbocycles. The van der Waals surface area contributed by atoms with E-state index >= 15 is 0 Å². The molecule has 0 atom stereocenters. The quantitative estimate of drug-likeness (QED) is 0.520. The van der Waals surface area contributed by atoms with Gasteiger partial charge in [-0.1, -0.05) is 6.07 Å². The normalized spacial score (nSPS) is 10.9. The highest BCUT2D eigenvalue weighted by atomic mass is 16.1. The molecule has 0 aliphatic rings. The fourth-order valence-electron chi connectivity index (χ4n) is 3.76. The van der Waals surface area contributed by atoms with Crippen LogP contribution in [0.25, 0.3) is 22.0 Å². The zero-order valence-electron chi connectivity index (χ0n) is 18.9. The third-order valence-corrected chi connectivity index (χ3v) is 5.68. The van der Waals surface area contributed by atoms with Crippen molar-refractivity contribution in [3.8, 4) is 11.1 Å². The fourth-order valence-corrected chi connectivity index (χ4v) is 3.76. The number of amides is 1.